The second-order valence-electron chi connectivity index (χ2n) is 5.36. The molecule has 0 atom stereocenters. The molecule has 0 aliphatic rings. The summed E-state index contributed by atoms with van der Waals surface area (Å²) in [6.45, 7) is 2.00. The molecule has 0 saturated heterocycles. The van der Waals surface area contributed by atoms with Crippen LogP contribution in [0.15, 0.2) is 57.7 Å². The largest absolute Gasteiger partial charge is 0.420 e. The third-order valence-corrected chi connectivity index (χ3v) is 3.98. The number of rotatable bonds is 4. The quantitative estimate of drug-likeness (QED) is 0.744. The fourth-order valence-corrected chi connectivity index (χ4v) is 2.68. The third-order valence-electron chi connectivity index (χ3n) is 3.98. The van der Waals surface area contributed by atoms with Crippen LogP contribution in [0.5, 0.6) is 0 Å². The van der Waals surface area contributed by atoms with Gasteiger partial charge in [-0.15, -0.1) is 0 Å². The van der Waals surface area contributed by atoms with Gasteiger partial charge in [0.05, 0.1) is 5.52 Å². The van der Waals surface area contributed by atoms with Gasteiger partial charge in [-0.25, -0.2) is 4.79 Å². The molecule has 0 N–H and O–H groups in total. The fraction of sp³-hybridized carbons (Fsp3) is 0.222. The number of likely N-dealkylation sites (N-methyl/N-ethyl adjacent to an activating group) is 1. The molecule has 0 aliphatic heterocycles. The molecule has 118 valence electrons. The zero-order chi connectivity index (χ0) is 16.4. The van der Waals surface area contributed by atoms with Crippen LogP contribution in [0.2, 0.25) is 0 Å². The topological polar surface area (TPSA) is 55.5 Å². The predicted octanol–water partition coefficient (Wildman–Crippen LogP) is 2.82. The molecular formula is C18H18N2O3. The molecular weight excluding hydrogens is 292 g/mol. The molecule has 5 nitrogen and oxygen atoms in total. The average molecular weight is 310 g/mol. The van der Waals surface area contributed by atoms with Crippen molar-refractivity contribution in [3.8, 4) is 0 Å². The minimum Gasteiger partial charge on any atom is -0.408 e. The Morgan fingerprint density at radius 2 is 1.83 bits per heavy atom. The van der Waals surface area contributed by atoms with Gasteiger partial charge in [-0.2, -0.15) is 0 Å². The molecule has 0 radical (unpaired) electrons. The minimum atomic E-state index is -0.517. The van der Waals surface area contributed by atoms with Gasteiger partial charge >= 0.3 is 5.76 Å². The Labute approximate surface area is 133 Å². The lowest BCUT2D eigenvalue weighted by molar-refractivity contribution is -0.118. The van der Waals surface area contributed by atoms with E-state index in [4.69, 9.17) is 4.42 Å². The van der Waals surface area contributed by atoms with Gasteiger partial charge in [-0.1, -0.05) is 37.3 Å². The van der Waals surface area contributed by atoms with E-state index in [9.17, 15) is 9.59 Å². The van der Waals surface area contributed by atoms with Gasteiger partial charge in [0, 0.05) is 12.7 Å². The molecule has 2 aromatic carbocycles. The number of fused-ring (bicyclic) bond motifs is 1. The molecule has 0 fully saturated rings. The Balaban J connectivity index is 1.91. The monoisotopic (exact) mass is 310 g/mol. The van der Waals surface area contributed by atoms with Crippen LogP contribution in [0.4, 0.5) is 5.69 Å². The molecule has 0 aliphatic carbocycles. The molecule has 3 aromatic rings. The summed E-state index contributed by atoms with van der Waals surface area (Å²) < 4.78 is 6.53. The molecule has 23 heavy (non-hydrogen) atoms. The molecule has 0 spiro atoms. The highest BCUT2D eigenvalue weighted by molar-refractivity contribution is 5.94. The standard InChI is InChI=1S/C18H18N2O3/c1-3-13-8-4-5-9-14(13)19(2)17(21)12-20-15-10-6-7-11-16(15)23-18(20)22/h4-11H,3,12H2,1-2H3. The number of para-hydroxylation sites is 3. The second kappa shape index (κ2) is 6.12. The lowest BCUT2D eigenvalue weighted by Gasteiger charge is -2.20. The van der Waals surface area contributed by atoms with Gasteiger partial charge in [-0.3, -0.25) is 9.36 Å². The molecule has 3 rings (SSSR count). The molecule has 5 heteroatoms. The maximum Gasteiger partial charge on any atom is 0.420 e. The Bertz CT molecular complexity index is 908. The smallest absolute Gasteiger partial charge is 0.408 e. The Hall–Kier alpha value is -2.82. The van der Waals surface area contributed by atoms with Crippen LogP contribution in [-0.2, 0) is 17.8 Å². The first-order chi connectivity index (χ1) is 11.1. The van der Waals surface area contributed by atoms with Crippen molar-refractivity contribution in [1.29, 1.82) is 0 Å². The summed E-state index contributed by atoms with van der Waals surface area (Å²) in [6.07, 6.45) is 0.836. The maximum absolute atomic E-state index is 12.6. The van der Waals surface area contributed by atoms with Crippen LogP contribution in [0.25, 0.3) is 11.1 Å². The van der Waals surface area contributed by atoms with Crippen LogP contribution in [0.1, 0.15) is 12.5 Å². The number of hydrogen-bond acceptors (Lipinski definition) is 3. The summed E-state index contributed by atoms with van der Waals surface area (Å²) in [5.74, 6) is -0.684. The van der Waals surface area contributed by atoms with E-state index >= 15 is 0 Å². The van der Waals surface area contributed by atoms with Crippen molar-refractivity contribution >= 4 is 22.7 Å². The van der Waals surface area contributed by atoms with Crippen LogP contribution >= 0.6 is 0 Å². The van der Waals surface area contributed by atoms with Crippen molar-refractivity contribution in [2.24, 2.45) is 0 Å². The molecule has 0 saturated carbocycles. The summed E-state index contributed by atoms with van der Waals surface area (Å²) >= 11 is 0. The number of carbonyl (C=O) groups is 1. The summed E-state index contributed by atoms with van der Waals surface area (Å²) in [4.78, 5) is 26.2. The number of hydrogen-bond donors (Lipinski definition) is 0. The summed E-state index contributed by atoms with van der Waals surface area (Å²) in [5, 5.41) is 0. The zero-order valence-electron chi connectivity index (χ0n) is 13.2. The summed E-state index contributed by atoms with van der Waals surface area (Å²) in [7, 11) is 1.73. The van der Waals surface area contributed by atoms with Gasteiger partial charge in [0.2, 0.25) is 5.91 Å². The first-order valence-electron chi connectivity index (χ1n) is 7.54. The van der Waals surface area contributed by atoms with E-state index in [0.29, 0.717) is 11.1 Å². The molecule has 1 heterocycles. The van der Waals surface area contributed by atoms with Crippen molar-refractivity contribution in [3.05, 3.63) is 64.6 Å². The number of carbonyl (C=O) groups excluding carboxylic acids is 1. The molecule has 0 unspecified atom stereocenters. The number of amides is 1. The highest BCUT2D eigenvalue weighted by atomic mass is 16.4. The number of nitrogens with zero attached hydrogens (tertiary/aromatic N) is 2. The Morgan fingerprint density at radius 1 is 1.13 bits per heavy atom. The van der Waals surface area contributed by atoms with Crippen molar-refractivity contribution < 1.29 is 9.21 Å². The average Bonchev–Trinajstić information content (AvgIpc) is 2.89. The summed E-state index contributed by atoms with van der Waals surface area (Å²) in [6, 6.07) is 14.9. The van der Waals surface area contributed by atoms with Crippen LogP contribution in [0.3, 0.4) is 0 Å². The summed E-state index contributed by atoms with van der Waals surface area (Å²) in [5.41, 5.74) is 3.07. The molecule has 0 bridgehead atoms. The van der Waals surface area contributed by atoms with Crippen molar-refractivity contribution in [2.45, 2.75) is 19.9 Å². The Kier molecular flexibility index (Phi) is 4.02. The number of oxazole rings is 1. The minimum absolute atomic E-state index is 0.0512. The van der Waals surface area contributed by atoms with E-state index in [1.165, 1.54) is 4.57 Å². The van der Waals surface area contributed by atoms with Crippen molar-refractivity contribution in [1.82, 2.24) is 4.57 Å². The zero-order valence-corrected chi connectivity index (χ0v) is 13.2. The molecule has 1 amide bonds. The number of aromatic nitrogens is 1. The molecule has 1 aromatic heterocycles. The van der Waals surface area contributed by atoms with Crippen molar-refractivity contribution in [3.63, 3.8) is 0 Å². The second-order valence-corrected chi connectivity index (χ2v) is 5.36. The van der Waals surface area contributed by atoms with Gasteiger partial charge in [-0.05, 0) is 30.2 Å². The maximum atomic E-state index is 12.6. The van der Waals surface area contributed by atoms with Crippen molar-refractivity contribution in [2.75, 3.05) is 11.9 Å². The van der Waals surface area contributed by atoms with Crippen LogP contribution < -0.4 is 10.7 Å². The van der Waals surface area contributed by atoms with E-state index in [-0.39, 0.29) is 12.5 Å². The third kappa shape index (κ3) is 2.77. The van der Waals surface area contributed by atoms with Gasteiger partial charge in [0.1, 0.15) is 6.54 Å². The fourth-order valence-electron chi connectivity index (χ4n) is 2.68. The number of aryl methyl sites for hydroxylation is 1. The van der Waals surface area contributed by atoms with E-state index < -0.39 is 5.76 Å². The Morgan fingerprint density at radius 3 is 2.61 bits per heavy atom. The predicted molar refractivity (Wildman–Crippen MR) is 89.7 cm³/mol. The first kappa shape index (κ1) is 15.1. The highest BCUT2D eigenvalue weighted by Crippen LogP contribution is 2.20. The first-order valence-corrected chi connectivity index (χ1v) is 7.54. The van der Waals surface area contributed by atoms with E-state index in [1.54, 1.807) is 30.1 Å². The van der Waals surface area contributed by atoms with Gasteiger partial charge < -0.3 is 9.32 Å². The highest BCUT2D eigenvalue weighted by Gasteiger charge is 2.17. The van der Waals surface area contributed by atoms with Gasteiger partial charge in [0.25, 0.3) is 0 Å². The number of benzene rings is 2. The van der Waals surface area contributed by atoms with Crippen LogP contribution in [0, 0.1) is 0 Å². The lowest BCUT2D eigenvalue weighted by Crippen LogP contribution is -2.33. The van der Waals surface area contributed by atoms with E-state index in [2.05, 4.69) is 0 Å². The number of anilines is 1. The van der Waals surface area contributed by atoms with E-state index in [0.717, 1.165) is 17.7 Å². The van der Waals surface area contributed by atoms with Gasteiger partial charge in [0.15, 0.2) is 5.58 Å². The van der Waals surface area contributed by atoms with E-state index in [1.807, 2.05) is 37.3 Å². The normalized spacial score (nSPS) is 10.9. The van der Waals surface area contributed by atoms with Crippen LogP contribution in [-0.4, -0.2) is 17.5 Å². The lowest BCUT2D eigenvalue weighted by atomic mass is 10.1. The SMILES string of the molecule is CCc1ccccc1N(C)C(=O)Cn1c(=O)oc2ccccc21.